The molecule has 1 aliphatic heterocycles. The molecule has 3 aromatic heterocycles. The highest BCUT2D eigenvalue weighted by Crippen LogP contribution is 2.29. The molecule has 4 N–H and O–H groups in total. The predicted octanol–water partition coefficient (Wildman–Crippen LogP) is 4.30. The number of likely N-dealkylation sites (tertiary alicyclic amines) is 1. The van der Waals surface area contributed by atoms with Crippen molar-refractivity contribution < 1.29 is 24.0 Å². The van der Waals surface area contributed by atoms with E-state index in [1.807, 2.05) is 48.5 Å². The van der Waals surface area contributed by atoms with E-state index in [0.29, 0.717) is 40.8 Å². The summed E-state index contributed by atoms with van der Waals surface area (Å²) < 4.78 is 5.31. The number of benzene rings is 2. The van der Waals surface area contributed by atoms with Gasteiger partial charge in [-0.05, 0) is 42.5 Å². The van der Waals surface area contributed by atoms with Crippen LogP contribution in [-0.2, 0) is 4.79 Å². The summed E-state index contributed by atoms with van der Waals surface area (Å²) in [6.07, 6.45) is 5.15. The van der Waals surface area contributed by atoms with Gasteiger partial charge in [0.05, 0.1) is 16.8 Å². The Balaban J connectivity index is 1.21. The summed E-state index contributed by atoms with van der Waals surface area (Å²) >= 11 is 0. The average Bonchev–Trinajstić information content (AvgIpc) is 3.54. The van der Waals surface area contributed by atoms with Crippen molar-refractivity contribution in [3.63, 3.8) is 0 Å². The summed E-state index contributed by atoms with van der Waals surface area (Å²) in [4.78, 5) is 47.1. The number of hydrogen-bond acceptors (Lipinski definition) is 8. The summed E-state index contributed by atoms with van der Waals surface area (Å²) in [6, 6.07) is 19.6. The van der Waals surface area contributed by atoms with E-state index in [4.69, 9.17) is 15.3 Å². The molecule has 6 rings (SSSR count). The average molecular weight is 563 g/mol. The van der Waals surface area contributed by atoms with E-state index in [1.54, 1.807) is 30.6 Å². The van der Waals surface area contributed by atoms with Crippen molar-refractivity contribution in [2.75, 3.05) is 6.54 Å². The van der Waals surface area contributed by atoms with E-state index in [0.717, 1.165) is 35.1 Å². The third kappa shape index (κ3) is 5.08. The van der Waals surface area contributed by atoms with Crippen LogP contribution in [0.15, 0.2) is 83.6 Å². The maximum absolute atomic E-state index is 13.0. The third-order valence-corrected chi connectivity index (χ3v) is 7.45. The van der Waals surface area contributed by atoms with Gasteiger partial charge >= 0.3 is 5.97 Å². The predicted molar refractivity (Wildman–Crippen MR) is 154 cm³/mol. The number of carbonyl (C=O) groups excluding carboxylic acids is 2. The number of nitrogens with one attached hydrogen (secondary N) is 1. The van der Waals surface area contributed by atoms with Crippen LogP contribution in [0.1, 0.15) is 40.2 Å². The van der Waals surface area contributed by atoms with Crippen LogP contribution in [0.25, 0.3) is 44.5 Å². The Morgan fingerprint density at radius 2 is 1.57 bits per heavy atom. The molecule has 1 fully saturated rings. The van der Waals surface area contributed by atoms with E-state index in [2.05, 4.69) is 15.6 Å². The van der Waals surface area contributed by atoms with Crippen molar-refractivity contribution >= 4 is 28.7 Å². The second-order valence-electron chi connectivity index (χ2n) is 10.0. The number of amides is 2. The number of nitrogen functional groups attached to an aromatic ring is 1. The number of carbonyl (C=O) groups is 3. The number of aromatic nitrogens is 3. The summed E-state index contributed by atoms with van der Waals surface area (Å²) in [7, 11) is 0. The monoisotopic (exact) mass is 562 g/mol. The zero-order chi connectivity index (χ0) is 29.2. The Hall–Kier alpha value is -5.42. The van der Waals surface area contributed by atoms with Crippen LogP contribution in [0.5, 0.6) is 0 Å². The highest BCUT2D eigenvalue weighted by atomic mass is 16.5. The minimum Gasteiger partial charge on any atom is -0.480 e. The van der Waals surface area contributed by atoms with Crippen LogP contribution in [0.3, 0.4) is 0 Å². The van der Waals surface area contributed by atoms with Crippen LogP contribution in [-0.4, -0.2) is 55.5 Å². The van der Waals surface area contributed by atoms with Gasteiger partial charge in [-0.2, -0.15) is 0 Å². The molecule has 42 heavy (non-hydrogen) atoms. The lowest BCUT2D eigenvalue weighted by Gasteiger charge is -2.31. The lowest BCUT2D eigenvalue weighted by Crippen LogP contribution is -2.47. The first-order valence-electron chi connectivity index (χ1n) is 13.4. The fourth-order valence-corrected chi connectivity index (χ4v) is 5.23. The number of hydrazine groups is 1. The molecular formula is C31H26N6O5. The first kappa shape index (κ1) is 26.8. The lowest BCUT2D eigenvalue weighted by molar-refractivity contribution is -0.143. The summed E-state index contributed by atoms with van der Waals surface area (Å²) in [5.74, 6) is 3.50. The molecule has 1 aliphatic rings. The molecule has 1 unspecified atom stereocenters. The Bertz CT molecular complexity index is 1800. The standard InChI is InChI=1S/C31H26N6O5/c32-35-29(38)22-15-25(34-24-12-13-33-17-23(22)24)20-8-4-18(5-9-20)19-6-10-21(11-7-19)26-16-28(42-36-26)30(39)37-14-2-1-3-27(37)31(40)41/h4-13,15-17,27H,1-3,14,32H2,(H,35,38)(H,40,41). The molecule has 11 heteroatoms. The van der Waals surface area contributed by atoms with Gasteiger partial charge < -0.3 is 14.5 Å². The van der Waals surface area contributed by atoms with E-state index in [1.165, 1.54) is 4.90 Å². The maximum Gasteiger partial charge on any atom is 0.326 e. The Kier molecular flexibility index (Phi) is 7.16. The molecular weight excluding hydrogens is 536 g/mol. The first-order valence-corrected chi connectivity index (χ1v) is 13.4. The number of hydrogen-bond donors (Lipinski definition) is 3. The van der Waals surface area contributed by atoms with Crippen LogP contribution < -0.4 is 11.3 Å². The quantitative estimate of drug-likeness (QED) is 0.155. The van der Waals surface area contributed by atoms with Gasteiger partial charge in [-0.1, -0.05) is 53.7 Å². The molecule has 4 heterocycles. The summed E-state index contributed by atoms with van der Waals surface area (Å²) in [5, 5.41) is 14.2. The van der Waals surface area contributed by atoms with Gasteiger partial charge in [0, 0.05) is 41.5 Å². The van der Waals surface area contributed by atoms with E-state index < -0.39 is 23.8 Å². The molecule has 1 saturated heterocycles. The zero-order valence-electron chi connectivity index (χ0n) is 22.4. The SMILES string of the molecule is NNC(=O)c1cc(-c2ccc(-c3ccc(-c4cc(C(=O)N5CCCCC5C(=O)O)on4)cc3)cc2)nc2ccncc12. The zero-order valence-corrected chi connectivity index (χ0v) is 22.4. The molecule has 5 aromatic rings. The Labute approximate surface area is 240 Å². The van der Waals surface area contributed by atoms with Gasteiger partial charge in [-0.15, -0.1) is 0 Å². The fourth-order valence-electron chi connectivity index (χ4n) is 5.23. The lowest BCUT2D eigenvalue weighted by atomic mass is 9.99. The highest BCUT2D eigenvalue weighted by Gasteiger charge is 2.34. The molecule has 2 amide bonds. The number of carboxylic acid groups (broad SMARTS) is 1. The van der Waals surface area contributed by atoms with Crippen molar-refractivity contribution in [3.05, 3.63) is 90.4 Å². The molecule has 0 saturated carbocycles. The summed E-state index contributed by atoms with van der Waals surface area (Å²) in [6.45, 7) is 0.373. The number of fused-ring (bicyclic) bond motifs is 1. The van der Waals surface area contributed by atoms with Gasteiger partial charge in [0.15, 0.2) is 0 Å². The summed E-state index contributed by atoms with van der Waals surface area (Å²) in [5.41, 5.74) is 7.84. The second-order valence-corrected chi connectivity index (χ2v) is 10.0. The van der Waals surface area contributed by atoms with Crippen LogP contribution in [0.4, 0.5) is 0 Å². The topological polar surface area (TPSA) is 165 Å². The van der Waals surface area contributed by atoms with E-state index >= 15 is 0 Å². The minimum absolute atomic E-state index is 0.0171. The largest absolute Gasteiger partial charge is 0.480 e. The minimum atomic E-state index is -1.01. The normalized spacial score (nSPS) is 15.0. The van der Waals surface area contributed by atoms with Crippen LogP contribution in [0.2, 0.25) is 0 Å². The third-order valence-electron chi connectivity index (χ3n) is 7.45. The van der Waals surface area contributed by atoms with Gasteiger partial charge in [0.25, 0.3) is 11.8 Å². The van der Waals surface area contributed by atoms with Gasteiger partial charge in [-0.25, -0.2) is 15.6 Å². The first-order chi connectivity index (χ1) is 20.4. The number of carboxylic acids is 1. The van der Waals surface area contributed by atoms with Crippen molar-refractivity contribution in [1.82, 2.24) is 25.5 Å². The highest BCUT2D eigenvalue weighted by molar-refractivity contribution is 6.06. The Morgan fingerprint density at radius 3 is 2.24 bits per heavy atom. The van der Waals surface area contributed by atoms with Crippen molar-refractivity contribution in [2.45, 2.75) is 25.3 Å². The molecule has 0 bridgehead atoms. The Morgan fingerprint density at radius 1 is 0.905 bits per heavy atom. The van der Waals surface area contributed by atoms with Crippen LogP contribution in [0, 0.1) is 0 Å². The molecule has 0 spiro atoms. The second kappa shape index (κ2) is 11.2. The molecule has 2 aromatic carbocycles. The molecule has 11 nitrogen and oxygen atoms in total. The molecule has 0 aliphatic carbocycles. The van der Waals surface area contributed by atoms with Gasteiger partial charge in [-0.3, -0.25) is 20.0 Å². The van der Waals surface area contributed by atoms with E-state index in [9.17, 15) is 19.5 Å². The number of pyridine rings is 2. The number of nitrogens with zero attached hydrogens (tertiary/aromatic N) is 4. The molecule has 210 valence electrons. The number of nitrogens with two attached hydrogens (primary N) is 1. The fraction of sp³-hybridized carbons (Fsp3) is 0.161. The van der Waals surface area contributed by atoms with Crippen LogP contribution >= 0.6 is 0 Å². The number of aliphatic carboxylic acids is 1. The van der Waals surface area contributed by atoms with Crippen molar-refractivity contribution in [2.24, 2.45) is 5.84 Å². The number of piperidine rings is 1. The van der Waals surface area contributed by atoms with Crippen molar-refractivity contribution in [1.29, 1.82) is 0 Å². The van der Waals surface area contributed by atoms with Gasteiger partial charge in [0.1, 0.15) is 11.7 Å². The number of rotatable bonds is 6. The van der Waals surface area contributed by atoms with E-state index in [-0.39, 0.29) is 5.76 Å². The van der Waals surface area contributed by atoms with Gasteiger partial charge in [0.2, 0.25) is 5.76 Å². The molecule has 1 atom stereocenters. The van der Waals surface area contributed by atoms with Crippen molar-refractivity contribution in [3.8, 4) is 33.6 Å². The molecule has 0 radical (unpaired) electrons. The maximum atomic E-state index is 13.0. The smallest absolute Gasteiger partial charge is 0.326 e.